The minimum absolute atomic E-state index is 0.130. The molecule has 0 spiro atoms. The summed E-state index contributed by atoms with van der Waals surface area (Å²) in [6.07, 6.45) is -0.335. The first-order chi connectivity index (χ1) is 10.3. The summed E-state index contributed by atoms with van der Waals surface area (Å²) in [5, 5.41) is 7.12. The van der Waals surface area contributed by atoms with E-state index in [0.29, 0.717) is 0 Å². The maximum Gasteiger partial charge on any atom is 0.490 e. The molecule has 0 amide bonds. The molecule has 0 aliphatic rings. The molecule has 1 heterocycles. The molecule has 1 atom stereocenters. The highest BCUT2D eigenvalue weighted by molar-refractivity contribution is 5.73. The summed E-state index contributed by atoms with van der Waals surface area (Å²) in [5.41, 5.74) is 6.08. The molecule has 1 rings (SSSR count). The van der Waals surface area contributed by atoms with Gasteiger partial charge in [0.05, 0.1) is 6.42 Å². The van der Waals surface area contributed by atoms with Gasteiger partial charge in [-0.2, -0.15) is 13.2 Å². The lowest BCUT2D eigenvalue weighted by molar-refractivity contribution is -0.192. The van der Waals surface area contributed by atoms with Gasteiger partial charge in [0.15, 0.2) is 0 Å². The van der Waals surface area contributed by atoms with E-state index < -0.39 is 23.8 Å². The molecule has 0 aliphatic heterocycles. The van der Waals surface area contributed by atoms with Crippen molar-refractivity contribution in [1.82, 2.24) is 9.97 Å². The molecule has 7 nitrogen and oxygen atoms in total. The first-order valence-corrected chi connectivity index (χ1v) is 6.35. The SMILES string of the molecule is CC(C)(C)OC(=O)CC(N)c1cncnc1.O=C(O)C(F)(F)F. The molecular formula is C13H18F3N3O4. The molecular weight excluding hydrogens is 319 g/mol. The van der Waals surface area contributed by atoms with Crippen molar-refractivity contribution >= 4 is 11.9 Å². The molecule has 1 aromatic rings. The van der Waals surface area contributed by atoms with Crippen LogP contribution in [-0.2, 0) is 14.3 Å². The number of hydrogen-bond donors (Lipinski definition) is 2. The maximum atomic E-state index is 11.5. The molecule has 0 aromatic carbocycles. The quantitative estimate of drug-likeness (QED) is 0.809. The number of carbonyl (C=O) groups is 2. The van der Waals surface area contributed by atoms with Crippen LogP contribution in [0.5, 0.6) is 0 Å². The lowest BCUT2D eigenvalue weighted by Gasteiger charge is -2.20. The minimum Gasteiger partial charge on any atom is -0.475 e. The predicted octanol–water partition coefficient (Wildman–Crippen LogP) is 1.84. The molecule has 3 N–H and O–H groups in total. The summed E-state index contributed by atoms with van der Waals surface area (Å²) in [6, 6.07) is -0.420. The third kappa shape index (κ3) is 10.2. The number of esters is 1. The van der Waals surface area contributed by atoms with Crippen molar-refractivity contribution in [3.05, 3.63) is 24.3 Å². The number of rotatable bonds is 3. The first kappa shape index (κ1) is 20.8. The van der Waals surface area contributed by atoms with Gasteiger partial charge < -0.3 is 15.6 Å². The average Bonchev–Trinajstić information content (AvgIpc) is 2.36. The van der Waals surface area contributed by atoms with Gasteiger partial charge in [-0.1, -0.05) is 0 Å². The first-order valence-electron chi connectivity index (χ1n) is 6.35. The molecule has 10 heteroatoms. The molecule has 23 heavy (non-hydrogen) atoms. The molecule has 0 radical (unpaired) electrons. The second kappa shape index (κ2) is 8.42. The van der Waals surface area contributed by atoms with E-state index >= 15 is 0 Å². The average molecular weight is 337 g/mol. The number of carboxylic acids is 1. The van der Waals surface area contributed by atoms with Gasteiger partial charge in [0.1, 0.15) is 11.9 Å². The van der Waals surface area contributed by atoms with E-state index in [0.717, 1.165) is 5.56 Å². The molecule has 0 aliphatic carbocycles. The van der Waals surface area contributed by atoms with E-state index in [9.17, 15) is 18.0 Å². The lowest BCUT2D eigenvalue weighted by atomic mass is 10.1. The van der Waals surface area contributed by atoms with Crippen LogP contribution in [0.15, 0.2) is 18.7 Å². The zero-order valence-corrected chi connectivity index (χ0v) is 12.8. The Morgan fingerprint density at radius 3 is 2.04 bits per heavy atom. The summed E-state index contributed by atoms with van der Waals surface area (Å²) < 4.78 is 36.9. The van der Waals surface area contributed by atoms with Crippen molar-refractivity contribution in [3.63, 3.8) is 0 Å². The van der Waals surface area contributed by atoms with Crippen LogP contribution in [0.3, 0.4) is 0 Å². The Hall–Kier alpha value is -2.23. The van der Waals surface area contributed by atoms with E-state index in [4.69, 9.17) is 20.4 Å². The van der Waals surface area contributed by atoms with Gasteiger partial charge >= 0.3 is 18.1 Å². The van der Waals surface area contributed by atoms with Gasteiger partial charge in [-0.25, -0.2) is 14.8 Å². The summed E-state index contributed by atoms with van der Waals surface area (Å²) in [7, 11) is 0. The van der Waals surface area contributed by atoms with Crippen LogP contribution in [0.4, 0.5) is 13.2 Å². The van der Waals surface area contributed by atoms with Gasteiger partial charge in [-0.3, -0.25) is 4.79 Å². The highest BCUT2D eigenvalue weighted by Gasteiger charge is 2.38. The number of carbonyl (C=O) groups excluding carboxylic acids is 1. The van der Waals surface area contributed by atoms with Crippen LogP contribution >= 0.6 is 0 Å². The van der Waals surface area contributed by atoms with E-state index in [1.807, 2.05) is 20.8 Å². The Morgan fingerprint density at radius 2 is 1.70 bits per heavy atom. The molecule has 130 valence electrons. The van der Waals surface area contributed by atoms with Crippen molar-refractivity contribution in [2.45, 2.75) is 45.0 Å². The fourth-order valence-corrected chi connectivity index (χ4v) is 1.18. The zero-order chi connectivity index (χ0) is 18.3. The van der Waals surface area contributed by atoms with Crippen molar-refractivity contribution < 1.29 is 32.6 Å². The van der Waals surface area contributed by atoms with E-state index in [-0.39, 0.29) is 12.4 Å². The fourth-order valence-electron chi connectivity index (χ4n) is 1.18. The number of alkyl halides is 3. The lowest BCUT2D eigenvalue weighted by Crippen LogP contribution is -2.26. The van der Waals surface area contributed by atoms with E-state index in [2.05, 4.69) is 9.97 Å². The number of aromatic nitrogens is 2. The van der Waals surface area contributed by atoms with Gasteiger partial charge in [0, 0.05) is 24.0 Å². The van der Waals surface area contributed by atoms with Crippen molar-refractivity contribution in [2.75, 3.05) is 0 Å². The van der Waals surface area contributed by atoms with Crippen LogP contribution in [0.1, 0.15) is 38.8 Å². The van der Waals surface area contributed by atoms with Crippen LogP contribution in [0, 0.1) is 0 Å². The normalized spacial score (nSPS) is 12.7. The van der Waals surface area contributed by atoms with Crippen LogP contribution < -0.4 is 5.73 Å². The Labute approximate surface area is 130 Å². The molecule has 0 saturated carbocycles. The number of nitrogens with zero attached hydrogens (tertiary/aromatic N) is 2. The topological polar surface area (TPSA) is 115 Å². The standard InChI is InChI=1S/C11H17N3O2.C2HF3O2/c1-11(2,3)16-10(15)4-9(12)8-5-13-7-14-6-8;3-2(4,5)1(6)7/h5-7,9H,4,12H2,1-3H3;(H,6,7). The van der Waals surface area contributed by atoms with E-state index in [1.165, 1.54) is 6.33 Å². The smallest absolute Gasteiger partial charge is 0.475 e. The summed E-state index contributed by atoms with van der Waals surface area (Å²) in [5.74, 6) is -3.07. The Morgan fingerprint density at radius 1 is 1.26 bits per heavy atom. The highest BCUT2D eigenvalue weighted by Crippen LogP contribution is 2.15. The number of carboxylic acid groups (broad SMARTS) is 1. The van der Waals surface area contributed by atoms with Gasteiger partial charge in [0.25, 0.3) is 0 Å². The van der Waals surface area contributed by atoms with Crippen molar-refractivity contribution in [1.29, 1.82) is 0 Å². The van der Waals surface area contributed by atoms with Crippen molar-refractivity contribution in [3.8, 4) is 0 Å². The summed E-state index contributed by atoms with van der Waals surface area (Å²) in [4.78, 5) is 28.1. The third-order valence-electron chi connectivity index (χ3n) is 2.06. The highest BCUT2D eigenvalue weighted by atomic mass is 19.4. The van der Waals surface area contributed by atoms with Gasteiger partial charge in [0.2, 0.25) is 0 Å². The molecule has 0 saturated heterocycles. The zero-order valence-electron chi connectivity index (χ0n) is 12.8. The van der Waals surface area contributed by atoms with Gasteiger partial charge in [-0.05, 0) is 20.8 Å². The number of ether oxygens (including phenoxy) is 1. The number of aliphatic carboxylic acids is 1. The predicted molar refractivity (Wildman–Crippen MR) is 73.1 cm³/mol. The number of halogens is 3. The van der Waals surface area contributed by atoms with Crippen LogP contribution in [-0.4, -0.2) is 38.8 Å². The Bertz CT molecular complexity index is 515. The Balaban J connectivity index is 0.000000585. The number of nitrogens with two attached hydrogens (primary N) is 1. The second-order valence-electron chi connectivity index (χ2n) is 5.37. The Kier molecular flexibility index (Phi) is 7.60. The minimum atomic E-state index is -5.08. The van der Waals surface area contributed by atoms with Gasteiger partial charge in [-0.15, -0.1) is 0 Å². The van der Waals surface area contributed by atoms with Crippen molar-refractivity contribution in [2.24, 2.45) is 5.73 Å². The van der Waals surface area contributed by atoms with Crippen LogP contribution in [0.25, 0.3) is 0 Å². The molecule has 0 bridgehead atoms. The maximum absolute atomic E-state index is 11.5. The summed E-state index contributed by atoms with van der Waals surface area (Å²) in [6.45, 7) is 5.46. The second-order valence-corrected chi connectivity index (χ2v) is 5.37. The van der Waals surface area contributed by atoms with Crippen LogP contribution in [0.2, 0.25) is 0 Å². The molecule has 1 aromatic heterocycles. The number of hydrogen-bond acceptors (Lipinski definition) is 6. The summed E-state index contributed by atoms with van der Waals surface area (Å²) >= 11 is 0. The molecule has 0 fully saturated rings. The van der Waals surface area contributed by atoms with E-state index in [1.54, 1.807) is 12.4 Å². The largest absolute Gasteiger partial charge is 0.490 e. The third-order valence-corrected chi connectivity index (χ3v) is 2.06. The molecule has 1 unspecified atom stereocenters. The fraction of sp³-hybridized carbons (Fsp3) is 0.538. The monoisotopic (exact) mass is 337 g/mol.